The molecular formula is C50H25BCl2F24S. The van der Waals surface area contributed by atoms with Gasteiger partial charge in [0.1, 0.15) is 6.15 Å². The summed E-state index contributed by atoms with van der Waals surface area (Å²) in [5, 5.41) is 1.51. The van der Waals surface area contributed by atoms with Crippen molar-refractivity contribution in [1.29, 1.82) is 0 Å². The van der Waals surface area contributed by atoms with Gasteiger partial charge in [-0.05, 0) is 84.9 Å². The molecule has 0 N–H and O–H groups in total. The van der Waals surface area contributed by atoms with Crippen LogP contribution in [0.25, 0.3) is 0 Å². The van der Waals surface area contributed by atoms with E-state index in [4.69, 9.17) is 23.2 Å². The van der Waals surface area contributed by atoms with Gasteiger partial charge in [0, 0.05) is 10.0 Å². The van der Waals surface area contributed by atoms with Crippen LogP contribution < -0.4 is 21.9 Å². The van der Waals surface area contributed by atoms with Gasteiger partial charge in [0.25, 0.3) is 0 Å². The summed E-state index contributed by atoms with van der Waals surface area (Å²) in [6.45, 7) is 0. The minimum atomic E-state index is -6.13. The molecule has 0 bridgehead atoms. The normalized spacial score (nSPS) is 13.4. The van der Waals surface area contributed by atoms with Gasteiger partial charge in [-0.3, -0.25) is 0 Å². The molecule has 0 saturated heterocycles. The van der Waals surface area contributed by atoms with E-state index in [0.29, 0.717) is 0 Å². The average Bonchev–Trinajstić information content (AvgIpc) is 3.31. The Bertz CT molecular complexity index is 2760. The Hall–Kier alpha value is -6.15. The first-order valence-corrected chi connectivity index (χ1v) is 23.1. The molecule has 416 valence electrons. The van der Waals surface area contributed by atoms with Gasteiger partial charge in [-0.25, -0.2) is 0 Å². The highest BCUT2D eigenvalue weighted by Gasteiger charge is 2.47. The first-order valence-electron chi connectivity index (χ1n) is 21.2. The fraction of sp³-hybridized carbons (Fsp3) is 0.160. The van der Waals surface area contributed by atoms with Crippen LogP contribution in [0.15, 0.2) is 166 Å². The Morgan fingerprint density at radius 3 is 0.603 bits per heavy atom. The SMILES string of the molecule is Clc1ccc([S+](c2ccccc2)c2ccc(Cl)cc2)cc1.FC(F)(F)c1cc([B-](c2cc(C(F)(F)F)cc(C(F)(F)F)c2)(c2cc(C(F)(F)F)cc(C(F)(F)F)c2)c2cc(C(F)(F)F)cc(C(F)(F)F)c2)cc(C(F)(F)F)c1. The van der Waals surface area contributed by atoms with Crippen molar-refractivity contribution in [2.24, 2.45) is 0 Å². The van der Waals surface area contributed by atoms with E-state index in [-0.39, 0.29) is 10.9 Å². The monoisotopic (exact) mass is 1190 g/mol. The Morgan fingerprint density at radius 1 is 0.244 bits per heavy atom. The lowest BCUT2D eigenvalue weighted by atomic mass is 9.12. The molecule has 0 amide bonds. The number of alkyl halides is 24. The van der Waals surface area contributed by atoms with Crippen molar-refractivity contribution in [1.82, 2.24) is 0 Å². The lowest BCUT2D eigenvalue weighted by Crippen LogP contribution is -2.75. The van der Waals surface area contributed by atoms with E-state index in [1.54, 1.807) is 0 Å². The summed E-state index contributed by atoms with van der Waals surface area (Å²) in [5.74, 6) is 0. The molecule has 0 heterocycles. The molecule has 78 heavy (non-hydrogen) atoms. The molecular weight excluding hydrogens is 1170 g/mol. The summed E-state index contributed by atoms with van der Waals surface area (Å²) in [5.41, 5.74) is -30.2. The zero-order chi connectivity index (χ0) is 58.6. The van der Waals surface area contributed by atoms with Crippen molar-refractivity contribution in [2.75, 3.05) is 0 Å². The predicted molar refractivity (Wildman–Crippen MR) is 242 cm³/mol. The fourth-order valence-electron chi connectivity index (χ4n) is 8.18. The van der Waals surface area contributed by atoms with E-state index in [0.717, 1.165) is 10.0 Å². The summed E-state index contributed by atoms with van der Waals surface area (Å²) in [4.78, 5) is 3.77. The van der Waals surface area contributed by atoms with Crippen LogP contribution in [0.4, 0.5) is 105 Å². The van der Waals surface area contributed by atoms with Gasteiger partial charge in [-0.1, -0.05) is 89.9 Å². The zero-order valence-electron chi connectivity index (χ0n) is 37.7. The van der Waals surface area contributed by atoms with Crippen molar-refractivity contribution in [3.8, 4) is 0 Å². The van der Waals surface area contributed by atoms with Gasteiger partial charge in [0.15, 0.2) is 14.7 Å². The molecule has 0 atom stereocenters. The lowest BCUT2D eigenvalue weighted by Gasteiger charge is -2.46. The highest BCUT2D eigenvalue weighted by atomic mass is 35.5. The summed E-state index contributed by atoms with van der Waals surface area (Å²) in [6, 6.07) is 17.8. The molecule has 0 nitrogen and oxygen atoms in total. The standard InChI is InChI=1S/C32H12BF24.C18H13Cl2S/c34-25(35,36)13-1-14(26(37,38)39)6-21(5-13)33(22-7-15(27(40,41)42)2-16(8-22)28(43,44)45,23-9-17(29(46,47)48)3-18(10-23)30(49,50)51)24-11-19(31(52,53)54)4-20(12-24)32(55,56)57;19-14-6-10-17(11-7-14)21(16-4-2-1-3-5-16)18-12-8-15(20)9-13-18/h1-12H;1-13H/q-1;+1. The van der Waals surface area contributed by atoms with Crippen LogP contribution in [0.2, 0.25) is 10.0 Å². The average molecular weight is 1200 g/mol. The summed E-state index contributed by atoms with van der Waals surface area (Å²) in [7, 11) is -0.148. The predicted octanol–water partition coefficient (Wildman–Crippen LogP) is 17.3. The molecule has 0 saturated carbocycles. The van der Waals surface area contributed by atoms with Crippen molar-refractivity contribution >= 4 is 62.1 Å². The van der Waals surface area contributed by atoms with E-state index in [9.17, 15) is 105 Å². The number of rotatable bonds is 7. The third kappa shape index (κ3) is 14.0. The van der Waals surface area contributed by atoms with Crippen molar-refractivity contribution in [2.45, 2.75) is 64.1 Å². The largest absolute Gasteiger partial charge is 0.416 e. The van der Waals surface area contributed by atoms with Gasteiger partial charge in [-0.15, -0.1) is 0 Å². The van der Waals surface area contributed by atoms with Crippen LogP contribution in [0.1, 0.15) is 44.5 Å². The third-order valence-electron chi connectivity index (χ3n) is 11.5. The van der Waals surface area contributed by atoms with Crippen LogP contribution in [0.3, 0.4) is 0 Å². The molecule has 0 aliphatic carbocycles. The van der Waals surface area contributed by atoms with Gasteiger partial charge >= 0.3 is 49.4 Å². The minimum absolute atomic E-state index is 0.148. The van der Waals surface area contributed by atoms with Crippen LogP contribution >= 0.6 is 23.2 Å². The van der Waals surface area contributed by atoms with E-state index in [2.05, 4.69) is 48.5 Å². The molecule has 0 radical (unpaired) electrons. The molecule has 0 spiro atoms. The number of halogens is 26. The maximum atomic E-state index is 14.2. The molecule has 0 aliphatic rings. The highest BCUT2D eigenvalue weighted by Crippen LogP contribution is 2.42. The van der Waals surface area contributed by atoms with Crippen LogP contribution in [0, 0.1) is 0 Å². The van der Waals surface area contributed by atoms with Crippen molar-refractivity contribution in [3.05, 3.63) is 206 Å². The molecule has 0 fully saturated rings. The van der Waals surface area contributed by atoms with E-state index >= 15 is 0 Å². The minimum Gasteiger partial charge on any atom is -0.194 e. The van der Waals surface area contributed by atoms with Crippen molar-refractivity contribution < 1.29 is 105 Å². The van der Waals surface area contributed by atoms with Gasteiger partial charge < -0.3 is 0 Å². The summed E-state index contributed by atoms with van der Waals surface area (Å²) in [6.07, 6.45) is -54.8. The van der Waals surface area contributed by atoms with Crippen LogP contribution in [-0.4, -0.2) is 6.15 Å². The fourth-order valence-corrected chi connectivity index (χ4v) is 10.5. The second kappa shape index (κ2) is 21.5. The van der Waals surface area contributed by atoms with Crippen LogP contribution in [-0.2, 0) is 60.3 Å². The quantitative estimate of drug-likeness (QED) is 0.0848. The van der Waals surface area contributed by atoms with Gasteiger partial charge in [-0.2, -0.15) is 127 Å². The number of hydrogen-bond acceptors (Lipinski definition) is 0. The molecule has 7 aromatic rings. The third-order valence-corrected chi connectivity index (χ3v) is 14.3. The van der Waals surface area contributed by atoms with E-state index in [1.165, 1.54) is 14.7 Å². The highest BCUT2D eigenvalue weighted by molar-refractivity contribution is 7.97. The number of hydrogen-bond donors (Lipinski definition) is 0. The first kappa shape index (κ1) is 61.1. The Balaban J connectivity index is 0.000000387. The summed E-state index contributed by atoms with van der Waals surface area (Å²) < 4.78 is 341. The Kier molecular flexibility index (Phi) is 16.8. The number of benzene rings is 7. The van der Waals surface area contributed by atoms with E-state index < -0.39 is 195 Å². The Morgan fingerprint density at radius 2 is 0.423 bits per heavy atom. The second-order valence-corrected chi connectivity index (χ2v) is 19.6. The topological polar surface area (TPSA) is 0 Å². The first-order chi connectivity index (χ1) is 35.5. The maximum Gasteiger partial charge on any atom is 0.416 e. The van der Waals surface area contributed by atoms with Crippen LogP contribution in [0.5, 0.6) is 0 Å². The second-order valence-electron chi connectivity index (χ2n) is 16.7. The molecule has 7 rings (SSSR count). The lowest BCUT2D eigenvalue weighted by molar-refractivity contribution is -0.144. The molecule has 28 heteroatoms. The molecule has 0 aliphatic heterocycles. The van der Waals surface area contributed by atoms with E-state index in [1.807, 2.05) is 30.3 Å². The smallest absolute Gasteiger partial charge is 0.194 e. The molecule has 0 aromatic heterocycles. The molecule has 7 aromatic carbocycles. The molecule has 0 unspecified atom stereocenters. The van der Waals surface area contributed by atoms with Crippen molar-refractivity contribution in [3.63, 3.8) is 0 Å². The maximum absolute atomic E-state index is 14.2. The van der Waals surface area contributed by atoms with Gasteiger partial charge in [0.2, 0.25) is 0 Å². The Labute approximate surface area is 436 Å². The summed E-state index contributed by atoms with van der Waals surface area (Å²) >= 11 is 12.0. The van der Waals surface area contributed by atoms with Gasteiger partial charge in [0.05, 0.1) is 55.4 Å². The zero-order valence-corrected chi connectivity index (χ0v) is 40.1.